The van der Waals surface area contributed by atoms with Gasteiger partial charge in [-0.05, 0) is 17.7 Å². The van der Waals surface area contributed by atoms with Crippen molar-refractivity contribution in [2.75, 3.05) is 31.6 Å². The normalized spacial score (nSPS) is 15.0. The topological polar surface area (TPSA) is 63.4 Å². The van der Waals surface area contributed by atoms with Gasteiger partial charge in [0.25, 0.3) is 0 Å². The van der Waals surface area contributed by atoms with Gasteiger partial charge in [0.2, 0.25) is 0 Å². The molecule has 0 amide bonds. The van der Waals surface area contributed by atoms with Crippen LogP contribution in [0.1, 0.15) is 11.6 Å². The van der Waals surface area contributed by atoms with Crippen LogP contribution in [-0.4, -0.2) is 41.2 Å². The molecule has 1 saturated heterocycles. The summed E-state index contributed by atoms with van der Waals surface area (Å²) in [6.07, 6.45) is 1.69. The van der Waals surface area contributed by atoms with Crippen LogP contribution in [-0.2, 0) is 17.8 Å². The van der Waals surface area contributed by atoms with E-state index in [2.05, 4.69) is 39.9 Å². The lowest BCUT2D eigenvalue weighted by Gasteiger charge is -2.25. The Hall–Kier alpha value is -2.74. The van der Waals surface area contributed by atoms with Crippen LogP contribution in [0.15, 0.2) is 58.5 Å². The van der Waals surface area contributed by atoms with Crippen molar-refractivity contribution in [2.24, 2.45) is 0 Å². The molecule has 4 heterocycles. The number of thiophene rings is 1. The van der Waals surface area contributed by atoms with E-state index in [0.29, 0.717) is 6.54 Å². The van der Waals surface area contributed by atoms with Gasteiger partial charge in [0.15, 0.2) is 0 Å². The van der Waals surface area contributed by atoms with Gasteiger partial charge in [-0.2, -0.15) is 0 Å². The number of morpholine rings is 1. The molecule has 1 aliphatic rings. The minimum absolute atomic E-state index is 0.584. The smallest absolute Gasteiger partial charge is 0.146 e. The van der Waals surface area contributed by atoms with Crippen molar-refractivity contribution < 1.29 is 9.15 Å². The third kappa shape index (κ3) is 4.03. The zero-order chi connectivity index (χ0) is 19.5. The van der Waals surface area contributed by atoms with Gasteiger partial charge >= 0.3 is 0 Å². The fraction of sp³-hybridized carbons (Fsp3) is 0.273. The van der Waals surface area contributed by atoms with Crippen molar-refractivity contribution in [2.45, 2.75) is 13.1 Å². The molecule has 0 radical (unpaired) electrons. The molecule has 0 unspecified atom stereocenters. The highest BCUT2D eigenvalue weighted by atomic mass is 32.1. The highest BCUT2D eigenvalue weighted by Crippen LogP contribution is 2.37. The van der Waals surface area contributed by atoms with Crippen LogP contribution in [0, 0.1) is 0 Å². The van der Waals surface area contributed by atoms with E-state index >= 15 is 0 Å². The monoisotopic (exact) mass is 406 g/mol. The van der Waals surface area contributed by atoms with Gasteiger partial charge < -0.3 is 14.5 Å². The van der Waals surface area contributed by atoms with Gasteiger partial charge in [0.1, 0.15) is 22.2 Å². The molecule has 7 heteroatoms. The van der Waals surface area contributed by atoms with Crippen LogP contribution >= 0.6 is 11.3 Å². The standard InChI is InChI=1S/C22H22N4O2S/c1-2-5-16(6-3-1)18-15-29-22-20(18)21(23-13-17-7-4-10-28-17)24-19(25-22)14-26-8-11-27-12-9-26/h1-7,10,15H,8-9,11-14H2,(H,23,24,25). The molecule has 1 aliphatic heterocycles. The number of ether oxygens (including phenoxy) is 1. The van der Waals surface area contributed by atoms with Crippen molar-refractivity contribution in [1.29, 1.82) is 0 Å². The predicted octanol–water partition coefficient (Wildman–Crippen LogP) is 4.40. The molecular weight excluding hydrogens is 384 g/mol. The van der Waals surface area contributed by atoms with E-state index in [4.69, 9.17) is 19.1 Å². The second-order valence-electron chi connectivity index (χ2n) is 7.01. The van der Waals surface area contributed by atoms with Gasteiger partial charge in [0, 0.05) is 24.0 Å². The number of nitrogens with one attached hydrogen (secondary N) is 1. The van der Waals surface area contributed by atoms with E-state index in [9.17, 15) is 0 Å². The fourth-order valence-electron chi connectivity index (χ4n) is 3.56. The quantitative estimate of drug-likeness (QED) is 0.512. The average Bonchev–Trinajstić information content (AvgIpc) is 3.43. The number of nitrogens with zero attached hydrogens (tertiary/aromatic N) is 3. The molecule has 1 aromatic carbocycles. The molecule has 0 atom stereocenters. The molecule has 0 spiro atoms. The summed E-state index contributed by atoms with van der Waals surface area (Å²) in [5.74, 6) is 2.57. The van der Waals surface area contributed by atoms with Crippen molar-refractivity contribution in [3.8, 4) is 11.1 Å². The predicted molar refractivity (Wildman–Crippen MR) is 115 cm³/mol. The van der Waals surface area contributed by atoms with Crippen molar-refractivity contribution >= 4 is 27.4 Å². The van der Waals surface area contributed by atoms with E-state index in [1.807, 2.05) is 18.2 Å². The van der Waals surface area contributed by atoms with E-state index in [0.717, 1.165) is 66.0 Å². The van der Waals surface area contributed by atoms with Crippen molar-refractivity contribution in [3.05, 3.63) is 65.7 Å². The third-order valence-corrected chi connectivity index (χ3v) is 5.92. The van der Waals surface area contributed by atoms with E-state index in [1.54, 1.807) is 17.6 Å². The van der Waals surface area contributed by atoms with Crippen LogP contribution in [0.2, 0.25) is 0 Å². The summed E-state index contributed by atoms with van der Waals surface area (Å²) in [4.78, 5) is 13.1. The molecule has 0 saturated carbocycles. The van der Waals surface area contributed by atoms with Crippen LogP contribution in [0.3, 0.4) is 0 Å². The summed E-state index contributed by atoms with van der Waals surface area (Å²) in [5.41, 5.74) is 2.33. The maximum absolute atomic E-state index is 5.49. The summed E-state index contributed by atoms with van der Waals surface area (Å²) in [5, 5.41) is 6.72. The van der Waals surface area contributed by atoms with E-state index < -0.39 is 0 Å². The van der Waals surface area contributed by atoms with Crippen molar-refractivity contribution in [3.63, 3.8) is 0 Å². The Bertz CT molecular complexity index is 1070. The largest absolute Gasteiger partial charge is 0.467 e. The first-order chi connectivity index (χ1) is 14.4. The lowest BCUT2D eigenvalue weighted by atomic mass is 10.1. The van der Waals surface area contributed by atoms with Crippen LogP contribution in [0.5, 0.6) is 0 Å². The first kappa shape index (κ1) is 18.3. The number of fused-ring (bicyclic) bond motifs is 1. The Balaban J connectivity index is 1.52. The van der Waals surface area contributed by atoms with Gasteiger partial charge in [0.05, 0.1) is 38.0 Å². The Morgan fingerprint density at radius 3 is 2.69 bits per heavy atom. The molecule has 5 rings (SSSR count). The number of furan rings is 1. The van der Waals surface area contributed by atoms with Gasteiger partial charge in [-0.1, -0.05) is 30.3 Å². The summed E-state index contributed by atoms with van der Waals surface area (Å²) < 4.78 is 11.0. The molecule has 148 valence electrons. The van der Waals surface area contributed by atoms with Gasteiger partial charge in [-0.3, -0.25) is 4.90 Å². The maximum Gasteiger partial charge on any atom is 0.146 e. The van der Waals surface area contributed by atoms with Crippen LogP contribution in [0.25, 0.3) is 21.3 Å². The minimum Gasteiger partial charge on any atom is -0.467 e. The summed E-state index contributed by atoms with van der Waals surface area (Å²) >= 11 is 1.66. The maximum atomic E-state index is 5.49. The van der Waals surface area contributed by atoms with Gasteiger partial charge in [-0.25, -0.2) is 9.97 Å². The Kier molecular flexibility index (Phi) is 5.25. The second kappa shape index (κ2) is 8.32. The lowest BCUT2D eigenvalue weighted by molar-refractivity contribution is 0.0331. The molecule has 3 aromatic heterocycles. The molecule has 1 fully saturated rings. The summed E-state index contributed by atoms with van der Waals surface area (Å²) in [6, 6.07) is 14.3. The SMILES string of the molecule is c1ccc(-c2csc3nc(CN4CCOCC4)nc(NCc4ccco4)c23)cc1. The zero-order valence-electron chi connectivity index (χ0n) is 16.0. The number of hydrogen-bond acceptors (Lipinski definition) is 7. The minimum atomic E-state index is 0.584. The molecule has 6 nitrogen and oxygen atoms in total. The lowest BCUT2D eigenvalue weighted by Crippen LogP contribution is -2.36. The van der Waals surface area contributed by atoms with Crippen molar-refractivity contribution in [1.82, 2.24) is 14.9 Å². The highest BCUT2D eigenvalue weighted by molar-refractivity contribution is 7.17. The molecule has 0 aliphatic carbocycles. The number of rotatable bonds is 6. The number of benzene rings is 1. The molecule has 1 N–H and O–H groups in total. The first-order valence-electron chi connectivity index (χ1n) is 9.77. The highest BCUT2D eigenvalue weighted by Gasteiger charge is 2.18. The van der Waals surface area contributed by atoms with E-state index in [1.165, 1.54) is 5.56 Å². The van der Waals surface area contributed by atoms with Crippen LogP contribution < -0.4 is 5.32 Å². The molecule has 29 heavy (non-hydrogen) atoms. The first-order valence-corrected chi connectivity index (χ1v) is 10.6. The molecule has 0 bridgehead atoms. The Morgan fingerprint density at radius 2 is 1.90 bits per heavy atom. The van der Waals surface area contributed by atoms with E-state index in [-0.39, 0.29) is 0 Å². The second-order valence-corrected chi connectivity index (χ2v) is 7.86. The third-order valence-electron chi connectivity index (χ3n) is 5.04. The number of hydrogen-bond donors (Lipinski definition) is 1. The Morgan fingerprint density at radius 1 is 1.03 bits per heavy atom. The number of aromatic nitrogens is 2. The molecular formula is C22H22N4O2S. The average molecular weight is 407 g/mol. The fourth-order valence-corrected chi connectivity index (χ4v) is 4.52. The number of anilines is 1. The molecule has 4 aromatic rings. The summed E-state index contributed by atoms with van der Waals surface area (Å²) in [6.45, 7) is 4.67. The Labute approximate surface area is 173 Å². The summed E-state index contributed by atoms with van der Waals surface area (Å²) in [7, 11) is 0. The van der Waals surface area contributed by atoms with Gasteiger partial charge in [-0.15, -0.1) is 11.3 Å². The van der Waals surface area contributed by atoms with Crippen LogP contribution in [0.4, 0.5) is 5.82 Å². The zero-order valence-corrected chi connectivity index (χ0v) is 16.8.